The number of benzene rings is 1. The number of rotatable bonds is 6. The molecule has 7 heteroatoms. The summed E-state index contributed by atoms with van der Waals surface area (Å²) in [7, 11) is -2.34. The molecule has 0 spiro atoms. The summed E-state index contributed by atoms with van der Waals surface area (Å²) in [5.41, 5.74) is 0. The minimum atomic E-state index is -3.69. The third-order valence-corrected chi connectivity index (χ3v) is 5.64. The van der Waals surface area contributed by atoms with Gasteiger partial charge in [-0.25, -0.2) is 12.8 Å². The van der Waals surface area contributed by atoms with E-state index in [0.29, 0.717) is 13.1 Å². The highest BCUT2D eigenvalue weighted by Crippen LogP contribution is 2.23. The van der Waals surface area contributed by atoms with E-state index in [1.807, 2.05) is 0 Å². The van der Waals surface area contributed by atoms with Gasteiger partial charge >= 0.3 is 0 Å². The molecule has 0 aromatic heterocycles. The van der Waals surface area contributed by atoms with Crippen LogP contribution in [0.5, 0.6) is 5.75 Å². The molecule has 21 heavy (non-hydrogen) atoms. The van der Waals surface area contributed by atoms with Gasteiger partial charge in [-0.2, -0.15) is 4.31 Å². The molecule has 1 aliphatic rings. The van der Waals surface area contributed by atoms with Crippen molar-refractivity contribution in [3.63, 3.8) is 0 Å². The third-order valence-electron chi connectivity index (χ3n) is 3.70. The predicted octanol–water partition coefficient (Wildman–Crippen LogP) is 1.60. The summed E-state index contributed by atoms with van der Waals surface area (Å²) >= 11 is 0. The Labute approximate surface area is 125 Å². The number of likely N-dealkylation sites (N-methyl/N-ethyl adjacent to an activating group) is 1. The molecule has 118 valence electrons. The topological polar surface area (TPSA) is 58.6 Å². The molecular weight excluding hydrogens is 295 g/mol. The normalized spacial score (nSPS) is 19.1. The number of sulfonamides is 1. The van der Waals surface area contributed by atoms with Crippen LogP contribution in [-0.2, 0) is 10.0 Å². The maximum absolute atomic E-state index is 13.7. The first-order chi connectivity index (χ1) is 9.98. The molecule has 1 aliphatic heterocycles. The quantitative estimate of drug-likeness (QED) is 0.866. The van der Waals surface area contributed by atoms with Gasteiger partial charge in [0.25, 0.3) is 0 Å². The molecule has 1 fully saturated rings. The molecule has 0 aliphatic carbocycles. The summed E-state index contributed by atoms with van der Waals surface area (Å²) in [6, 6.07) is 3.90. The number of hydrogen-bond acceptors (Lipinski definition) is 4. The fourth-order valence-electron chi connectivity index (χ4n) is 2.51. The molecular formula is C14H21FN2O3S. The molecule has 1 aromatic rings. The molecule has 1 saturated heterocycles. The van der Waals surface area contributed by atoms with Gasteiger partial charge in [0.2, 0.25) is 10.0 Å². The van der Waals surface area contributed by atoms with Crippen molar-refractivity contribution in [3.05, 3.63) is 24.0 Å². The van der Waals surface area contributed by atoms with Crippen LogP contribution in [0.25, 0.3) is 0 Å². The van der Waals surface area contributed by atoms with Crippen LogP contribution >= 0.6 is 0 Å². The van der Waals surface area contributed by atoms with Gasteiger partial charge in [0, 0.05) is 19.1 Å². The van der Waals surface area contributed by atoms with Gasteiger partial charge < -0.3 is 10.1 Å². The van der Waals surface area contributed by atoms with Crippen LogP contribution in [0.3, 0.4) is 0 Å². The number of methoxy groups -OCH3 is 1. The van der Waals surface area contributed by atoms with E-state index in [1.165, 1.54) is 23.5 Å². The lowest BCUT2D eigenvalue weighted by atomic mass is 10.2. The average molecular weight is 316 g/mol. The van der Waals surface area contributed by atoms with Gasteiger partial charge in [-0.3, -0.25) is 0 Å². The Morgan fingerprint density at radius 1 is 1.48 bits per heavy atom. The number of nitrogens with one attached hydrogen (secondary N) is 1. The van der Waals surface area contributed by atoms with Crippen LogP contribution in [-0.4, -0.2) is 45.5 Å². The van der Waals surface area contributed by atoms with Gasteiger partial charge in [-0.1, -0.05) is 6.92 Å². The van der Waals surface area contributed by atoms with Crippen molar-refractivity contribution in [1.82, 2.24) is 9.62 Å². The Morgan fingerprint density at radius 2 is 2.24 bits per heavy atom. The van der Waals surface area contributed by atoms with Crippen LogP contribution in [0.4, 0.5) is 4.39 Å². The Bertz CT molecular complexity index is 586. The molecule has 0 saturated carbocycles. The third kappa shape index (κ3) is 3.53. The summed E-state index contributed by atoms with van der Waals surface area (Å²) in [6.45, 7) is 3.46. The standard InChI is InChI=1S/C14H21FN2O3S/c1-3-17(10-11-5-4-8-16-11)21(18,19)12-6-7-14(20-2)13(15)9-12/h6-7,9,11,16H,3-5,8,10H2,1-2H3. The second kappa shape index (κ2) is 6.72. The van der Waals surface area contributed by atoms with Gasteiger partial charge in [0.05, 0.1) is 12.0 Å². The number of nitrogens with zero attached hydrogens (tertiary/aromatic N) is 1. The highest BCUT2D eigenvalue weighted by molar-refractivity contribution is 7.89. The maximum atomic E-state index is 13.7. The Balaban J connectivity index is 2.23. The van der Waals surface area contributed by atoms with Crippen LogP contribution in [0.1, 0.15) is 19.8 Å². The highest BCUT2D eigenvalue weighted by Gasteiger charge is 2.27. The van der Waals surface area contributed by atoms with E-state index in [0.717, 1.165) is 25.5 Å². The van der Waals surface area contributed by atoms with E-state index in [1.54, 1.807) is 6.92 Å². The van der Waals surface area contributed by atoms with Crippen molar-refractivity contribution in [3.8, 4) is 5.75 Å². The zero-order chi connectivity index (χ0) is 15.5. The molecule has 0 radical (unpaired) electrons. The lowest BCUT2D eigenvalue weighted by Gasteiger charge is -2.24. The summed E-state index contributed by atoms with van der Waals surface area (Å²) in [5.74, 6) is -0.636. The fourth-order valence-corrected chi connectivity index (χ4v) is 4.02. The van der Waals surface area contributed by atoms with E-state index in [9.17, 15) is 12.8 Å². The van der Waals surface area contributed by atoms with Crippen LogP contribution in [0, 0.1) is 5.82 Å². The Hall–Kier alpha value is -1.18. The van der Waals surface area contributed by atoms with E-state index in [2.05, 4.69) is 5.32 Å². The average Bonchev–Trinajstić information content (AvgIpc) is 2.97. The summed E-state index contributed by atoms with van der Waals surface area (Å²) < 4.78 is 45.1. The molecule has 0 amide bonds. The van der Waals surface area contributed by atoms with Crippen LogP contribution < -0.4 is 10.1 Å². The van der Waals surface area contributed by atoms with Crippen molar-refractivity contribution >= 4 is 10.0 Å². The van der Waals surface area contributed by atoms with E-state index < -0.39 is 15.8 Å². The van der Waals surface area contributed by atoms with Crippen molar-refractivity contribution < 1.29 is 17.5 Å². The van der Waals surface area contributed by atoms with Gasteiger partial charge in [0.15, 0.2) is 11.6 Å². The molecule has 1 N–H and O–H groups in total. The SMILES string of the molecule is CCN(CC1CCCN1)S(=O)(=O)c1ccc(OC)c(F)c1. The maximum Gasteiger partial charge on any atom is 0.243 e. The van der Waals surface area contributed by atoms with Crippen molar-refractivity contribution in [1.29, 1.82) is 0 Å². The smallest absolute Gasteiger partial charge is 0.243 e. The second-order valence-electron chi connectivity index (χ2n) is 5.05. The first kappa shape index (κ1) is 16.2. The van der Waals surface area contributed by atoms with Crippen molar-refractivity contribution in [2.24, 2.45) is 0 Å². The lowest BCUT2D eigenvalue weighted by molar-refractivity contribution is 0.379. The molecule has 2 rings (SSSR count). The number of ether oxygens (including phenoxy) is 1. The Kier molecular flexibility index (Phi) is 5.18. The minimum absolute atomic E-state index is 0.0365. The van der Waals surface area contributed by atoms with E-state index in [4.69, 9.17) is 4.74 Å². The largest absolute Gasteiger partial charge is 0.494 e. The van der Waals surface area contributed by atoms with E-state index >= 15 is 0 Å². The lowest BCUT2D eigenvalue weighted by Crippen LogP contribution is -2.40. The molecule has 1 aromatic carbocycles. The number of hydrogen-bond donors (Lipinski definition) is 1. The molecule has 1 unspecified atom stereocenters. The second-order valence-corrected chi connectivity index (χ2v) is 6.98. The molecule has 0 bridgehead atoms. The van der Waals surface area contributed by atoms with Gasteiger partial charge in [-0.05, 0) is 37.6 Å². The monoisotopic (exact) mass is 316 g/mol. The summed E-state index contributed by atoms with van der Waals surface area (Å²) in [6.07, 6.45) is 2.02. The van der Waals surface area contributed by atoms with Crippen LogP contribution in [0.2, 0.25) is 0 Å². The predicted molar refractivity (Wildman–Crippen MR) is 78.4 cm³/mol. The van der Waals surface area contributed by atoms with Crippen LogP contribution in [0.15, 0.2) is 23.1 Å². The zero-order valence-electron chi connectivity index (χ0n) is 12.3. The fraction of sp³-hybridized carbons (Fsp3) is 0.571. The first-order valence-electron chi connectivity index (χ1n) is 7.06. The first-order valence-corrected chi connectivity index (χ1v) is 8.50. The Morgan fingerprint density at radius 3 is 2.76 bits per heavy atom. The van der Waals surface area contributed by atoms with Gasteiger partial charge in [0.1, 0.15) is 0 Å². The highest BCUT2D eigenvalue weighted by atomic mass is 32.2. The minimum Gasteiger partial charge on any atom is -0.494 e. The van der Waals surface area contributed by atoms with E-state index in [-0.39, 0.29) is 16.7 Å². The number of halogens is 1. The zero-order valence-corrected chi connectivity index (χ0v) is 13.1. The van der Waals surface area contributed by atoms with Crippen molar-refractivity contribution in [2.75, 3.05) is 26.7 Å². The van der Waals surface area contributed by atoms with Gasteiger partial charge in [-0.15, -0.1) is 0 Å². The molecule has 1 heterocycles. The summed E-state index contributed by atoms with van der Waals surface area (Å²) in [5, 5.41) is 3.27. The molecule has 1 atom stereocenters. The van der Waals surface area contributed by atoms with Crippen molar-refractivity contribution in [2.45, 2.75) is 30.7 Å². The summed E-state index contributed by atoms with van der Waals surface area (Å²) in [4.78, 5) is -0.0411. The molecule has 5 nitrogen and oxygen atoms in total.